The monoisotopic (exact) mass is 324 g/mol. The number of benzene rings is 1. The molecular formula is C15H20N2O6. The number of nitrogens with zero attached hydrogens (tertiary/aromatic N) is 1. The maximum absolute atomic E-state index is 11.8. The third-order valence-electron chi connectivity index (χ3n) is 3.26. The highest BCUT2D eigenvalue weighted by Gasteiger charge is 2.16. The van der Waals surface area contributed by atoms with Crippen LogP contribution in [0.4, 0.5) is 0 Å². The lowest BCUT2D eigenvalue weighted by Gasteiger charge is -2.21. The molecule has 0 unspecified atom stereocenters. The molecule has 1 aliphatic rings. The zero-order valence-corrected chi connectivity index (χ0v) is 12.9. The number of ether oxygens (including phenoxy) is 3. The predicted molar refractivity (Wildman–Crippen MR) is 80.4 cm³/mol. The Morgan fingerprint density at radius 2 is 2.13 bits per heavy atom. The average Bonchev–Trinajstić information content (AvgIpc) is 2.98. The number of carbonyl (C=O) groups is 2. The van der Waals surface area contributed by atoms with Crippen LogP contribution in [0.15, 0.2) is 18.2 Å². The SMILES string of the molecule is COCCN(CC(=O)NCC(=O)O)Cc1ccc2c(c1)OCO2. The largest absolute Gasteiger partial charge is 0.480 e. The standard InChI is InChI=1S/C15H20N2O6/c1-21-5-4-17(9-14(18)16-7-15(19)20)8-11-2-3-12-13(6-11)23-10-22-12/h2-3,6H,4-5,7-10H2,1H3,(H,16,18)(H,19,20). The van der Waals surface area contributed by atoms with Crippen LogP contribution in [0.3, 0.4) is 0 Å². The number of fused-ring (bicyclic) bond motifs is 1. The van der Waals surface area contributed by atoms with E-state index in [-0.39, 0.29) is 25.8 Å². The minimum atomic E-state index is -1.07. The molecule has 0 radical (unpaired) electrons. The summed E-state index contributed by atoms with van der Waals surface area (Å²) in [6.45, 7) is 1.44. The highest BCUT2D eigenvalue weighted by Crippen LogP contribution is 2.32. The molecule has 2 rings (SSSR count). The maximum Gasteiger partial charge on any atom is 0.322 e. The number of amides is 1. The van der Waals surface area contributed by atoms with E-state index in [2.05, 4.69) is 5.32 Å². The fourth-order valence-corrected chi connectivity index (χ4v) is 2.17. The van der Waals surface area contributed by atoms with Crippen LogP contribution in [-0.4, -0.2) is 62.0 Å². The zero-order chi connectivity index (χ0) is 16.7. The van der Waals surface area contributed by atoms with E-state index >= 15 is 0 Å². The highest BCUT2D eigenvalue weighted by molar-refractivity contribution is 5.82. The molecule has 8 heteroatoms. The Morgan fingerprint density at radius 3 is 2.87 bits per heavy atom. The summed E-state index contributed by atoms with van der Waals surface area (Å²) in [6.07, 6.45) is 0. The van der Waals surface area contributed by atoms with Crippen LogP contribution in [0.2, 0.25) is 0 Å². The number of carboxylic acid groups (broad SMARTS) is 1. The minimum Gasteiger partial charge on any atom is -0.480 e. The lowest BCUT2D eigenvalue weighted by atomic mass is 10.2. The van der Waals surface area contributed by atoms with Gasteiger partial charge in [0.2, 0.25) is 12.7 Å². The fraction of sp³-hybridized carbons (Fsp3) is 0.467. The van der Waals surface area contributed by atoms with Gasteiger partial charge in [0.25, 0.3) is 0 Å². The predicted octanol–water partition coefficient (Wildman–Crippen LogP) is 0.0645. The Hall–Kier alpha value is -2.32. The van der Waals surface area contributed by atoms with Crippen molar-refractivity contribution < 1.29 is 28.9 Å². The summed E-state index contributed by atoms with van der Waals surface area (Å²) >= 11 is 0. The topological polar surface area (TPSA) is 97.3 Å². The Bertz CT molecular complexity index is 563. The van der Waals surface area contributed by atoms with Crippen molar-refractivity contribution in [2.75, 3.05) is 40.1 Å². The van der Waals surface area contributed by atoms with Crippen LogP contribution in [-0.2, 0) is 20.9 Å². The molecule has 1 aliphatic heterocycles. The third-order valence-corrected chi connectivity index (χ3v) is 3.26. The molecule has 0 aromatic heterocycles. The number of carbonyl (C=O) groups excluding carboxylic acids is 1. The summed E-state index contributed by atoms with van der Waals surface area (Å²) in [5, 5.41) is 10.9. The molecule has 1 heterocycles. The average molecular weight is 324 g/mol. The molecule has 126 valence electrons. The van der Waals surface area contributed by atoms with Crippen LogP contribution >= 0.6 is 0 Å². The van der Waals surface area contributed by atoms with E-state index in [9.17, 15) is 9.59 Å². The third kappa shape index (κ3) is 5.42. The molecule has 0 saturated heterocycles. The van der Waals surface area contributed by atoms with E-state index in [4.69, 9.17) is 19.3 Å². The molecule has 1 amide bonds. The quantitative estimate of drug-likeness (QED) is 0.663. The minimum absolute atomic E-state index is 0.0884. The number of hydrogen-bond acceptors (Lipinski definition) is 6. The van der Waals surface area contributed by atoms with Gasteiger partial charge in [0.05, 0.1) is 13.2 Å². The van der Waals surface area contributed by atoms with Crippen molar-refractivity contribution >= 4 is 11.9 Å². The number of nitrogens with one attached hydrogen (secondary N) is 1. The molecule has 23 heavy (non-hydrogen) atoms. The smallest absolute Gasteiger partial charge is 0.322 e. The first-order valence-corrected chi connectivity index (χ1v) is 7.17. The second-order valence-electron chi connectivity index (χ2n) is 5.06. The van der Waals surface area contributed by atoms with Crippen molar-refractivity contribution in [1.29, 1.82) is 0 Å². The number of carboxylic acids is 1. The second kappa shape index (κ2) is 8.35. The van der Waals surface area contributed by atoms with Gasteiger partial charge in [0.1, 0.15) is 6.54 Å². The molecule has 8 nitrogen and oxygen atoms in total. The first-order valence-electron chi connectivity index (χ1n) is 7.17. The molecule has 0 bridgehead atoms. The van der Waals surface area contributed by atoms with E-state index in [0.29, 0.717) is 31.2 Å². The van der Waals surface area contributed by atoms with E-state index < -0.39 is 5.97 Å². The van der Waals surface area contributed by atoms with Crippen LogP contribution in [0.1, 0.15) is 5.56 Å². The summed E-state index contributed by atoms with van der Waals surface area (Å²) in [5.41, 5.74) is 0.969. The van der Waals surface area contributed by atoms with Crippen molar-refractivity contribution in [3.63, 3.8) is 0 Å². The van der Waals surface area contributed by atoms with Crippen molar-refractivity contribution in [2.24, 2.45) is 0 Å². The Kier molecular flexibility index (Phi) is 6.19. The Labute approximate surface area is 133 Å². The molecule has 0 fully saturated rings. The van der Waals surface area contributed by atoms with Crippen molar-refractivity contribution in [1.82, 2.24) is 10.2 Å². The summed E-state index contributed by atoms with van der Waals surface area (Å²) in [5.74, 6) is -0.0253. The Morgan fingerprint density at radius 1 is 1.35 bits per heavy atom. The fourth-order valence-electron chi connectivity index (χ4n) is 2.17. The van der Waals surface area contributed by atoms with Crippen molar-refractivity contribution in [2.45, 2.75) is 6.54 Å². The first kappa shape index (κ1) is 17.0. The number of methoxy groups -OCH3 is 1. The van der Waals surface area contributed by atoms with Crippen LogP contribution in [0, 0.1) is 0 Å². The molecule has 2 N–H and O–H groups in total. The van der Waals surface area contributed by atoms with Gasteiger partial charge in [-0.25, -0.2) is 0 Å². The molecule has 1 aromatic rings. The van der Waals surface area contributed by atoms with Gasteiger partial charge in [-0.2, -0.15) is 0 Å². The normalized spacial score (nSPS) is 12.4. The van der Waals surface area contributed by atoms with Crippen LogP contribution in [0.25, 0.3) is 0 Å². The number of rotatable bonds is 9. The molecule has 0 spiro atoms. The van der Waals surface area contributed by atoms with Crippen molar-refractivity contribution in [3.8, 4) is 11.5 Å². The molecular weight excluding hydrogens is 304 g/mol. The molecule has 1 aromatic carbocycles. The van der Waals surface area contributed by atoms with Crippen LogP contribution < -0.4 is 14.8 Å². The van der Waals surface area contributed by atoms with Gasteiger partial charge >= 0.3 is 5.97 Å². The number of aliphatic carboxylic acids is 1. The van der Waals surface area contributed by atoms with Gasteiger partial charge in [-0.1, -0.05) is 6.07 Å². The van der Waals surface area contributed by atoms with Gasteiger partial charge in [0.15, 0.2) is 11.5 Å². The lowest BCUT2D eigenvalue weighted by molar-refractivity contribution is -0.138. The maximum atomic E-state index is 11.8. The summed E-state index contributed by atoms with van der Waals surface area (Å²) in [7, 11) is 1.59. The Balaban J connectivity index is 1.94. The lowest BCUT2D eigenvalue weighted by Crippen LogP contribution is -2.40. The molecule has 0 saturated carbocycles. The molecule has 0 aliphatic carbocycles. The van der Waals surface area contributed by atoms with E-state index in [1.54, 1.807) is 7.11 Å². The van der Waals surface area contributed by atoms with Gasteiger partial charge in [0, 0.05) is 20.2 Å². The van der Waals surface area contributed by atoms with Crippen molar-refractivity contribution in [3.05, 3.63) is 23.8 Å². The van der Waals surface area contributed by atoms with Gasteiger partial charge in [-0.3, -0.25) is 14.5 Å². The summed E-state index contributed by atoms with van der Waals surface area (Å²) in [4.78, 5) is 24.2. The summed E-state index contributed by atoms with van der Waals surface area (Å²) < 4.78 is 15.7. The highest BCUT2D eigenvalue weighted by atomic mass is 16.7. The van der Waals surface area contributed by atoms with Crippen LogP contribution in [0.5, 0.6) is 11.5 Å². The van der Waals surface area contributed by atoms with Gasteiger partial charge in [-0.05, 0) is 17.7 Å². The van der Waals surface area contributed by atoms with E-state index in [1.807, 2.05) is 23.1 Å². The van der Waals surface area contributed by atoms with Gasteiger partial charge in [-0.15, -0.1) is 0 Å². The zero-order valence-electron chi connectivity index (χ0n) is 12.9. The second-order valence-corrected chi connectivity index (χ2v) is 5.06. The molecule has 0 atom stereocenters. The summed E-state index contributed by atoms with van der Waals surface area (Å²) in [6, 6.07) is 5.61. The number of hydrogen-bond donors (Lipinski definition) is 2. The van der Waals surface area contributed by atoms with E-state index in [0.717, 1.165) is 5.56 Å². The van der Waals surface area contributed by atoms with E-state index in [1.165, 1.54) is 0 Å². The first-order chi connectivity index (χ1) is 11.1. The van der Waals surface area contributed by atoms with Gasteiger partial charge < -0.3 is 24.6 Å².